The second kappa shape index (κ2) is 7.55. The van der Waals surface area contributed by atoms with Gasteiger partial charge in [-0.3, -0.25) is 0 Å². The van der Waals surface area contributed by atoms with Crippen LogP contribution in [0.1, 0.15) is 30.3 Å². The third-order valence-electron chi connectivity index (χ3n) is 5.86. The number of anilines is 2. The first-order valence-electron chi connectivity index (χ1n) is 10.2. The Morgan fingerprint density at radius 3 is 2.52 bits per heavy atom. The molecular weight excluding hydrogens is 368 g/mol. The number of nitrogens with zero attached hydrogens (tertiary/aromatic N) is 8. The third kappa shape index (κ3) is 3.50. The Balaban J connectivity index is 1.33. The van der Waals surface area contributed by atoms with Crippen LogP contribution in [0, 0.1) is 6.92 Å². The molecule has 3 aromatic rings. The molecule has 9 nitrogen and oxygen atoms in total. The van der Waals surface area contributed by atoms with Crippen LogP contribution in [0.3, 0.4) is 0 Å². The van der Waals surface area contributed by atoms with Crippen molar-refractivity contribution in [3.63, 3.8) is 0 Å². The molecule has 0 aromatic carbocycles. The summed E-state index contributed by atoms with van der Waals surface area (Å²) < 4.78 is 7.44. The highest BCUT2D eigenvalue weighted by Crippen LogP contribution is 2.28. The third-order valence-corrected chi connectivity index (χ3v) is 5.86. The van der Waals surface area contributed by atoms with Gasteiger partial charge in [-0.1, -0.05) is 0 Å². The highest BCUT2D eigenvalue weighted by atomic mass is 16.5. The van der Waals surface area contributed by atoms with E-state index in [1.807, 2.05) is 18.5 Å². The molecule has 0 bridgehead atoms. The first-order chi connectivity index (χ1) is 14.2. The summed E-state index contributed by atoms with van der Waals surface area (Å²) in [4.78, 5) is 27.5. The first kappa shape index (κ1) is 18.2. The fraction of sp³-hybridized carbons (Fsp3) is 0.550. The minimum absolute atomic E-state index is 0.476. The smallest absolute Gasteiger partial charge is 0.165 e. The molecule has 0 atom stereocenters. The van der Waals surface area contributed by atoms with Gasteiger partial charge in [-0.15, -0.1) is 0 Å². The number of hydrogen-bond acceptors (Lipinski definition) is 8. The predicted molar refractivity (Wildman–Crippen MR) is 110 cm³/mol. The zero-order valence-corrected chi connectivity index (χ0v) is 17.0. The summed E-state index contributed by atoms with van der Waals surface area (Å²) in [6, 6.07) is 2.18. The zero-order valence-electron chi connectivity index (χ0n) is 17.0. The predicted octanol–water partition coefficient (Wildman–Crippen LogP) is 1.68. The van der Waals surface area contributed by atoms with Crippen LogP contribution >= 0.6 is 0 Å². The van der Waals surface area contributed by atoms with Gasteiger partial charge in [-0.2, -0.15) is 0 Å². The van der Waals surface area contributed by atoms with Gasteiger partial charge < -0.3 is 19.1 Å². The number of aromatic nitrogens is 6. The number of imidazole rings is 1. The van der Waals surface area contributed by atoms with E-state index < -0.39 is 0 Å². The van der Waals surface area contributed by atoms with Gasteiger partial charge in [0.1, 0.15) is 18.0 Å². The molecule has 0 N–H and O–H groups in total. The van der Waals surface area contributed by atoms with Gasteiger partial charge in [-0.25, -0.2) is 24.9 Å². The van der Waals surface area contributed by atoms with Crippen LogP contribution in [-0.2, 0) is 11.8 Å². The van der Waals surface area contributed by atoms with Crippen LogP contribution in [0.15, 0.2) is 18.7 Å². The standard InChI is InChI=1S/C20H26N8O/c1-14-24-16(15-3-9-29-10-4-15)11-17(25-14)27-5-7-28(8-6-27)20-18-19(21-12-22-20)26(2)13-23-18/h11-13,15H,3-10H2,1-2H3. The van der Waals surface area contributed by atoms with Crippen molar-refractivity contribution in [1.29, 1.82) is 0 Å². The number of rotatable bonds is 3. The zero-order chi connectivity index (χ0) is 19.8. The fourth-order valence-corrected chi connectivity index (χ4v) is 4.25. The summed E-state index contributed by atoms with van der Waals surface area (Å²) in [5.74, 6) is 3.27. The summed E-state index contributed by atoms with van der Waals surface area (Å²) in [6.45, 7) is 7.16. The Hall–Kier alpha value is -2.81. The molecule has 0 saturated carbocycles. The maximum atomic E-state index is 5.51. The molecule has 0 amide bonds. The molecule has 5 heterocycles. The van der Waals surface area contributed by atoms with Crippen molar-refractivity contribution in [2.75, 3.05) is 49.2 Å². The Bertz CT molecular complexity index is 1000. The van der Waals surface area contributed by atoms with Crippen LogP contribution in [0.5, 0.6) is 0 Å². The maximum Gasteiger partial charge on any atom is 0.165 e. The molecule has 152 valence electrons. The van der Waals surface area contributed by atoms with E-state index in [0.717, 1.165) is 86.6 Å². The minimum Gasteiger partial charge on any atom is -0.381 e. The van der Waals surface area contributed by atoms with Crippen molar-refractivity contribution >= 4 is 22.8 Å². The monoisotopic (exact) mass is 394 g/mol. The lowest BCUT2D eigenvalue weighted by molar-refractivity contribution is 0.0844. The number of piperazine rings is 1. The van der Waals surface area contributed by atoms with E-state index in [0.29, 0.717) is 5.92 Å². The molecule has 0 aliphatic carbocycles. The van der Waals surface area contributed by atoms with E-state index in [-0.39, 0.29) is 0 Å². The van der Waals surface area contributed by atoms with Crippen molar-refractivity contribution in [3.8, 4) is 0 Å². The highest BCUT2D eigenvalue weighted by Gasteiger charge is 2.24. The molecule has 2 aliphatic rings. The Labute approximate surface area is 169 Å². The summed E-state index contributed by atoms with van der Waals surface area (Å²) in [5.41, 5.74) is 2.89. The van der Waals surface area contributed by atoms with Crippen LogP contribution in [0.4, 0.5) is 11.6 Å². The summed E-state index contributed by atoms with van der Waals surface area (Å²) in [6.07, 6.45) is 5.50. The van der Waals surface area contributed by atoms with E-state index in [1.165, 1.54) is 0 Å². The van der Waals surface area contributed by atoms with Crippen molar-refractivity contribution in [1.82, 2.24) is 29.5 Å². The number of hydrogen-bond donors (Lipinski definition) is 0. The number of aryl methyl sites for hydroxylation is 2. The van der Waals surface area contributed by atoms with Crippen LogP contribution < -0.4 is 9.80 Å². The molecule has 5 rings (SSSR count). The van der Waals surface area contributed by atoms with Gasteiger partial charge in [0.25, 0.3) is 0 Å². The topological polar surface area (TPSA) is 85.1 Å². The Kier molecular flexibility index (Phi) is 4.75. The van der Waals surface area contributed by atoms with Crippen molar-refractivity contribution in [2.45, 2.75) is 25.7 Å². The van der Waals surface area contributed by atoms with Crippen molar-refractivity contribution in [3.05, 3.63) is 30.2 Å². The lowest BCUT2D eigenvalue weighted by Crippen LogP contribution is -2.47. The van der Waals surface area contributed by atoms with Gasteiger partial charge >= 0.3 is 0 Å². The summed E-state index contributed by atoms with van der Waals surface area (Å²) in [5, 5.41) is 0. The molecule has 3 aromatic heterocycles. The van der Waals surface area contributed by atoms with Crippen molar-refractivity contribution in [2.24, 2.45) is 7.05 Å². The molecule has 0 unspecified atom stereocenters. The van der Waals surface area contributed by atoms with Gasteiger partial charge in [-0.05, 0) is 19.8 Å². The minimum atomic E-state index is 0.476. The van der Waals surface area contributed by atoms with Gasteiger partial charge in [0, 0.05) is 64.1 Å². The highest BCUT2D eigenvalue weighted by molar-refractivity contribution is 5.83. The fourth-order valence-electron chi connectivity index (χ4n) is 4.25. The van der Waals surface area contributed by atoms with E-state index in [4.69, 9.17) is 14.7 Å². The number of ether oxygens (including phenoxy) is 1. The van der Waals surface area contributed by atoms with Crippen LogP contribution in [-0.4, -0.2) is 68.9 Å². The van der Waals surface area contributed by atoms with Crippen LogP contribution in [0.2, 0.25) is 0 Å². The van der Waals surface area contributed by atoms with E-state index in [9.17, 15) is 0 Å². The quantitative estimate of drug-likeness (QED) is 0.663. The van der Waals surface area contributed by atoms with Crippen molar-refractivity contribution < 1.29 is 4.74 Å². The lowest BCUT2D eigenvalue weighted by Gasteiger charge is -2.36. The largest absolute Gasteiger partial charge is 0.381 e. The average molecular weight is 394 g/mol. The molecule has 29 heavy (non-hydrogen) atoms. The van der Waals surface area contributed by atoms with E-state index >= 15 is 0 Å². The normalized spacial score (nSPS) is 18.6. The first-order valence-corrected chi connectivity index (χ1v) is 10.2. The van der Waals surface area contributed by atoms with Gasteiger partial charge in [0.15, 0.2) is 17.0 Å². The second-order valence-electron chi connectivity index (χ2n) is 7.78. The SMILES string of the molecule is Cc1nc(C2CCOCC2)cc(N2CCN(c3ncnc4c3ncn4C)CC2)n1. The summed E-state index contributed by atoms with van der Waals surface area (Å²) >= 11 is 0. The number of fused-ring (bicyclic) bond motifs is 1. The van der Waals surface area contributed by atoms with Crippen LogP contribution in [0.25, 0.3) is 11.2 Å². The molecule has 2 aliphatic heterocycles. The molecule has 0 spiro atoms. The lowest BCUT2D eigenvalue weighted by atomic mass is 9.96. The summed E-state index contributed by atoms with van der Waals surface area (Å²) in [7, 11) is 1.96. The Morgan fingerprint density at radius 1 is 0.966 bits per heavy atom. The maximum absolute atomic E-state index is 5.51. The van der Waals surface area contributed by atoms with E-state index in [1.54, 1.807) is 12.7 Å². The molecule has 2 saturated heterocycles. The van der Waals surface area contributed by atoms with Gasteiger partial charge in [0.2, 0.25) is 0 Å². The molecular formula is C20H26N8O. The second-order valence-corrected chi connectivity index (χ2v) is 7.78. The molecule has 0 radical (unpaired) electrons. The average Bonchev–Trinajstić information content (AvgIpc) is 3.15. The molecule has 9 heteroatoms. The van der Waals surface area contributed by atoms with Gasteiger partial charge in [0.05, 0.1) is 6.33 Å². The Morgan fingerprint density at radius 2 is 1.72 bits per heavy atom. The molecule has 2 fully saturated rings. The van der Waals surface area contributed by atoms with E-state index in [2.05, 4.69) is 30.8 Å².